The maximum Gasteiger partial charge on any atom is 0.230 e. The standard InChI is InChI=1S/C24H21BrN6O/c25-18-7-8-21(27-14-18)29-24(32)17-4-3-13-31(15-17)23-19-5-1-2-6-20(19)28-22(30-23)16-9-11-26-12-10-16/h1-2,5-12,14,17H,3-4,13,15H2,(H,27,29,32). The van der Waals surface area contributed by atoms with Crippen LogP contribution < -0.4 is 10.2 Å². The molecule has 1 unspecified atom stereocenters. The summed E-state index contributed by atoms with van der Waals surface area (Å²) >= 11 is 3.37. The molecule has 8 heteroatoms. The van der Waals surface area contributed by atoms with E-state index in [1.165, 1.54) is 0 Å². The molecular formula is C24H21BrN6O. The summed E-state index contributed by atoms with van der Waals surface area (Å²) in [6, 6.07) is 15.5. The number of piperidine rings is 1. The number of fused-ring (bicyclic) bond motifs is 1. The van der Waals surface area contributed by atoms with Gasteiger partial charge in [-0.15, -0.1) is 0 Å². The van der Waals surface area contributed by atoms with E-state index in [-0.39, 0.29) is 11.8 Å². The average molecular weight is 489 g/mol. The predicted molar refractivity (Wildman–Crippen MR) is 128 cm³/mol. The van der Waals surface area contributed by atoms with Gasteiger partial charge in [0.2, 0.25) is 5.91 Å². The highest BCUT2D eigenvalue weighted by molar-refractivity contribution is 9.10. The van der Waals surface area contributed by atoms with E-state index in [1.54, 1.807) is 24.7 Å². The van der Waals surface area contributed by atoms with E-state index >= 15 is 0 Å². The first-order valence-corrected chi connectivity index (χ1v) is 11.3. The van der Waals surface area contributed by atoms with Gasteiger partial charge in [-0.05, 0) is 65.2 Å². The van der Waals surface area contributed by atoms with Gasteiger partial charge in [0.25, 0.3) is 0 Å². The minimum absolute atomic E-state index is 0.0164. The summed E-state index contributed by atoms with van der Waals surface area (Å²) in [7, 11) is 0. The second kappa shape index (κ2) is 9.00. The number of pyridine rings is 2. The van der Waals surface area contributed by atoms with Gasteiger partial charge in [-0.1, -0.05) is 12.1 Å². The molecule has 4 heterocycles. The molecule has 160 valence electrons. The van der Waals surface area contributed by atoms with Gasteiger partial charge in [0, 0.05) is 47.1 Å². The SMILES string of the molecule is O=C(Nc1ccc(Br)cn1)C1CCCN(c2nc(-c3ccncc3)nc3ccccc23)C1. The topological polar surface area (TPSA) is 83.9 Å². The van der Waals surface area contributed by atoms with Gasteiger partial charge < -0.3 is 10.2 Å². The Labute approximate surface area is 194 Å². The molecule has 1 N–H and O–H groups in total. The Bertz CT molecular complexity index is 1250. The zero-order chi connectivity index (χ0) is 21.9. The van der Waals surface area contributed by atoms with Gasteiger partial charge in [0.15, 0.2) is 5.82 Å². The first kappa shape index (κ1) is 20.5. The van der Waals surface area contributed by atoms with E-state index in [0.717, 1.165) is 46.1 Å². The minimum Gasteiger partial charge on any atom is -0.355 e. The van der Waals surface area contributed by atoms with Crippen LogP contribution in [-0.4, -0.2) is 38.9 Å². The highest BCUT2D eigenvalue weighted by atomic mass is 79.9. The number of anilines is 2. The summed E-state index contributed by atoms with van der Waals surface area (Å²) in [5.41, 5.74) is 1.80. The number of halogens is 1. The Morgan fingerprint density at radius 1 is 1.06 bits per heavy atom. The van der Waals surface area contributed by atoms with Crippen molar-refractivity contribution in [2.24, 2.45) is 5.92 Å². The second-order valence-corrected chi connectivity index (χ2v) is 8.68. The monoisotopic (exact) mass is 488 g/mol. The van der Waals surface area contributed by atoms with Gasteiger partial charge >= 0.3 is 0 Å². The third kappa shape index (κ3) is 4.31. The Hall–Kier alpha value is -3.39. The van der Waals surface area contributed by atoms with Crippen LogP contribution in [0.25, 0.3) is 22.3 Å². The lowest BCUT2D eigenvalue weighted by Crippen LogP contribution is -2.41. The van der Waals surface area contributed by atoms with Crippen LogP contribution in [0.15, 0.2) is 71.6 Å². The quantitative estimate of drug-likeness (QED) is 0.447. The molecule has 1 atom stereocenters. The Balaban J connectivity index is 1.44. The van der Waals surface area contributed by atoms with Crippen molar-refractivity contribution in [2.45, 2.75) is 12.8 Å². The summed E-state index contributed by atoms with van der Waals surface area (Å²) in [5.74, 6) is 1.92. The molecule has 0 saturated carbocycles. The van der Waals surface area contributed by atoms with Crippen LogP contribution in [0, 0.1) is 5.92 Å². The predicted octanol–water partition coefficient (Wildman–Crippen LogP) is 4.70. The molecule has 4 aromatic rings. The molecule has 0 aliphatic carbocycles. The first-order chi connectivity index (χ1) is 15.7. The number of nitrogens with zero attached hydrogens (tertiary/aromatic N) is 5. The van der Waals surface area contributed by atoms with E-state index in [4.69, 9.17) is 9.97 Å². The molecule has 1 amide bonds. The second-order valence-electron chi connectivity index (χ2n) is 7.76. The van der Waals surface area contributed by atoms with E-state index in [0.29, 0.717) is 18.2 Å². The van der Waals surface area contributed by atoms with Gasteiger partial charge in [-0.3, -0.25) is 9.78 Å². The Kier molecular flexibility index (Phi) is 5.77. The molecule has 5 rings (SSSR count). The Morgan fingerprint density at radius 3 is 2.72 bits per heavy atom. The molecule has 0 spiro atoms. The molecule has 3 aromatic heterocycles. The number of rotatable bonds is 4. The lowest BCUT2D eigenvalue weighted by Gasteiger charge is -2.33. The fraction of sp³-hybridized carbons (Fsp3) is 0.208. The number of nitrogens with one attached hydrogen (secondary N) is 1. The third-order valence-corrected chi connectivity index (χ3v) is 6.06. The number of carbonyl (C=O) groups is 1. The highest BCUT2D eigenvalue weighted by Crippen LogP contribution is 2.30. The normalized spacial score (nSPS) is 16.2. The van der Waals surface area contributed by atoms with Crippen molar-refractivity contribution >= 4 is 44.4 Å². The number of hydrogen-bond acceptors (Lipinski definition) is 6. The molecule has 1 aliphatic heterocycles. The van der Waals surface area contributed by atoms with E-state index in [2.05, 4.69) is 36.1 Å². The maximum absolute atomic E-state index is 13.0. The third-order valence-electron chi connectivity index (χ3n) is 5.59. The van der Waals surface area contributed by atoms with Crippen LogP contribution >= 0.6 is 15.9 Å². The highest BCUT2D eigenvalue weighted by Gasteiger charge is 2.28. The zero-order valence-electron chi connectivity index (χ0n) is 17.3. The van der Waals surface area contributed by atoms with Crippen molar-refractivity contribution in [3.05, 3.63) is 71.6 Å². The van der Waals surface area contributed by atoms with Crippen molar-refractivity contribution < 1.29 is 4.79 Å². The first-order valence-electron chi connectivity index (χ1n) is 10.5. The fourth-order valence-corrected chi connectivity index (χ4v) is 4.23. The Morgan fingerprint density at radius 2 is 1.91 bits per heavy atom. The van der Waals surface area contributed by atoms with Crippen LogP contribution in [0.3, 0.4) is 0 Å². The van der Waals surface area contributed by atoms with Gasteiger partial charge in [0.05, 0.1) is 11.4 Å². The van der Waals surface area contributed by atoms with Crippen molar-refractivity contribution in [1.29, 1.82) is 0 Å². The molecule has 1 fully saturated rings. The molecule has 1 saturated heterocycles. The van der Waals surface area contributed by atoms with Gasteiger partial charge in [-0.25, -0.2) is 15.0 Å². The fourth-order valence-electron chi connectivity index (χ4n) is 3.99. The number of aromatic nitrogens is 4. The number of benzene rings is 1. The number of amides is 1. The molecule has 1 aliphatic rings. The summed E-state index contributed by atoms with van der Waals surface area (Å²) in [6.45, 7) is 1.44. The number of carbonyl (C=O) groups excluding carboxylic acids is 1. The molecular weight excluding hydrogens is 468 g/mol. The lowest BCUT2D eigenvalue weighted by molar-refractivity contribution is -0.120. The summed E-state index contributed by atoms with van der Waals surface area (Å²) in [5, 5.41) is 3.94. The van der Waals surface area contributed by atoms with Gasteiger partial charge in [0.1, 0.15) is 11.6 Å². The zero-order valence-corrected chi connectivity index (χ0v) is 18.9. The molecule has 7 nitrogen and oxygen atoms in total. The van der Waals surface area contributed by atoms with E-state index in [1.807, 2.05) is 42.5 Å². The summed E-state index contributed by atoms with van der Waals surface area (Å²) in [4.78, 5) is 33.2. The summed E-state index contributed by atoms with van der Waals surface area (Å²) < 4.78 is 0.875. The average Bonchev–Trinajstić information content (AvgIpc) is 2.85. The summed E-state index contributed by atoms with van der Waals surface area (Å²) in [6.07, 6.45) is 6.90. The minimum atomic E-state index is -0.146. The van der Waals surface area contributed by atoms with E-state index in [9.17, 15) is 4.79 Å². The molecule has 32 heavy (non-hydrogen) atoms. The van der Waals surface area contributed by atoms with Crippen LogP contribution in [0.5, 0.6) is 0 Å². The van der Waals surface area contributed by atoms with Crippen molar-refractivity contribution in [1.82, 2.24) is 19.9 Å². The smallest absolute Gasteiger partial charge is 0.230 e. The molecule has 1 aromatic carbocycles. The van der Waals surface area contributed by atoms with Crippen molar-refractivity contribution in [3.8, 4) is 11.4 Å². The van der Waals surface area contributed by atoms with Crippen molar-refractivity contribution in [2.75, 3.05) is 23.3 Å². The van der Waals surface area contributed by atoms with Crippen LogP contribution in [-0.2, 0) is 4.79 Å². The lowest BCUT2D eigenvalue weighted by atomic mass is 9.96. The molecule has 0 bridgehead atoms. The number of para-hydroxylation sites is 1. The van der Waals surface area contributed by atoms with Crippen LogP contribution in [0.2, 0.25) is 0 Å². The van der Waals surface area contributed by atoms with Gasteiger partial charge in [-0.2, -0.15) is 0 Å². The van der Waals surface area contributed by atoms with Crippen molar-refractivity contribution in [3.63, 3.8) is 0 Å². The largest absolute Gasteiger partial charge is 0.355 e. The number of hydrogen-bond donors (Lipinski definition) is 1. The van der Waals surface area contributed by atoms with Crippen LogP contribution in [0.4, 0.5) is 11.6 Å². The van der Waals surface area contributed by atoms with Crippen LogP contribution in [0.1, 0.15) is 12.8 Å². The molecule has 0 radical (unpaired) electrons. The maximum atomic E-state index is 13.0. The van der Waals surface area contributed by atoms with E-state index < -0.39 is 0 Å².